The maximum Gasteiger partial charge on any atom is 0.420 e. The van der Waals surface area contributed by atoms with E-state index < -0.39 is 26.8 Å². The Morgan fingerprint density at radius 1 is 1.03 bits per heavy atom. The number of alkyl halides is 3. The van der Waals surface area contributed by atoms with Crippen LogP contribution in [0.3, 0.4) is 0 Å². The predicted molar refractivity (Wildman–Crippen MR) is 120 cm³/mol. The van der Waals surface area contributed by atoms with E-state index >= 15 is 0 Å². The second-order valence-corrected chi connectivity index (χ2v) is 10.8. The number of hydrogen-bond acceptors (Lipinski definition) is 6. The number of hydrogen-bond donors (Lipinski definition) is 1. The van der Waals surface area contributed by atoms with Crippen LogP contribution in [0.2, 0.25) is 0 Å². The third-order valence-electron chi connectivity index (χ3n) is 5.23. The molecule has 0 aliphatic carbocycles. The summed E-state index contributed by atoms with van der Waals surface area (Å²) in [5.41, 5.74) is 0.0491. The van der Waals surface area contributed by atoms with Gasteiger partial charge in [-0.25, -0.2) is 23.4 Å². The van der Waals surface area contributed by atoms with Crippen LogP contribution in [0.4, 0.5) is 24.8 Å². The summed E-state index contributed by atoms with van der Waals surface area (Å²) in [4.78, 5) is 12.4. The molecule has 7 nitrogen and oxygen atoms in total. The van der Waals surface area contributed by atoms with E-state index in [1.807, 2.05) is 13.8 Å². The van der Waals surface area contributed by atoms with E-state index in [1.54, 1.807) is 38.3 Å². The zero-order valence-electron chi connectivity index (χ0n) is 19.2. The fourth-order valence-corrected chi connectivity index (χ4v) is 4.61. The van der Waals surface area contributed by atoms with Crippen molar-refractivity contribution in [2.75, 3.05) is 5.32 Å². The van der Waals surface area contributed by atoms with E-state index in [4.69, 9.17) is 0 Å². The SMILES string of the molecule is Cc1cc(S(=O)(=O)C(C)C)ccc1Nc1ncc(C(F)(F)F)c(-c2cnc(C)n2C(C)C)n1. The average molecular weight is 482 g/mol. The topological polar surface area (TPSA) is 89.8 Å². The van der Waals surface area contributed by atoms with Crippen LogP contribution >= 0.6 is 0 Å². The zero-order valence-corrected chi connectivity index (χ0v) is 20.0. The number of anilines is 2. The Bertz CT molecular complexity index is 1280. The maximum absolute atomic E-state index is 13.7. The third kappa shape index (κ3) is 4.87. The van der Waals surface area contributed by atoms with Crippen molar-refractivity contribution >= 4 is 21.5 Å². The van der Waals surface area contributed by atoms with E-state index in [2.05, 4.69) is 20.3 Å². The Morgan fingerprint density at radius 3 is 2.24 bits per heavy atom. The van der Waals surface area contributed by atoms with E-state index in [-0.39, 0.29) is 28.3 Å². The Hall–Kier alpha value is -2.95. The van der Waals surface area contributed by atoms with Gasteiger partial charge in [-0.05, 0) is 65.3 Å². The van der Waals surface area contributed by atoms with Gasteiger partial charge in [0.1, 0.15) is 17.1 Å². The number of aryl methyl sites for hydroxylation is 2. The molecule has 33 heavy (non-hydrogen) atoms. The van der Waals surface area contributed by atoms with Crippen LogP contribution in [0, 0.1) is 13.8 Å². The van der Waals surface area contributed by atoms with Crippen molar-refractivity contribution in [2.45, 2.75) is 63.9 Å². The molecule has 0 unspecified atom stereocenters. The summed E-state index contributed by atoms with van der Waals surface area (Å²) in [5.74, 6) is 0.522. The molecule has 3 rings (SSSR count). The first kappa shape index (κ1) is 24.7. The van der Waals surface area contributed by atoms with Gasteiger partial charge in [0.15, 0.2) is 9.84 Å². The number of benzene rings is 1. The van der Waals surface area contributed by atoms with Gasteiger partial charge >= 0.3 is 6.18 Å². The van der Waals surface area contributed by atoms with Gasteiger partial charge in [0.2, 0.25) is 5.95 Å². The standard InChI is InChI=1S/C22H26F3N5O2S/c1-12(2)30-15(6)26-11-19(30)20-17(22(23,24)25)10-27-21(29-20)28-18-8-7-16(9-14(18)5)33(31,32)13(3)4/h7-13H,1-6H3,(H,27,28,29). The van der Waals surface area contributed by atoms with Crippen molar-refractivity contribution < 1.29 is 21.6 Å². The molecule has 0 saturated heterocycles. The van der Waals surface area contributed by atoms with Gasteiger partial charge in [0.05, 0.1) is 22.0 Å². The van der Waals surface area contributed by atoms with Crippen molar-refractivity contribution in [3.8, 4) is 11.4 Å². The number of imidazole rings is 1. The Labute approximate surface area is 191 Å². The zero-order chi connectivity index (χ0) is 24.7. The quantitative estimate of drug-likeness (QED) is 0.501. The molecule has 0 aliphatic rings. The van der Waals surface area contributed by atoms with Crippen LogP contribution in [0.25, 0.3) is 11.4 Å². The molecule has 0 bridgehead atoms. The van der Waals surface area contributed by atoms with Gasteiger partial charge in [-0.1, -0.05) is 0 Å². The molecule has 0 atom stereocenters. The van der Waals surface area contributed by atoms with Gasteiger partial charge in [-0.15, -0.1) is 0 Å². The first-order valence-corrected chi connectivity index (χ1v) is 11.9. The molecule has 0 radical (unpaired) electrons. The summed E-state index contributed by atoms with van der Waals surface area (Å²) in [6.07, 6.45) is -2.55. The van der Waals surface area contributed by atoms with E-state index in [0.717, 1.165) is 6.20 Å². The van der Waals surface area contributed by atoms with E-state index in [0.29, 0.717) is 17.1 Å². The lowest BCUT2D eigenvalue weighted by molar-refractivity contribution is -0.137. The minimum absolute atomic E-state index is 0.0466. The molecule has 178 valence electrons. The number of aromatic nitrogens is 4. The third-order valence-corrected chi connectivity index (χ3v) is 7.38. The second kappa shape index (κ2) is 8.77. The van der Waals surface area contributed by atoms with Gasteiger partial charge in [0, 0.05) is 17.9 Å². The van der Waals surface area contributed by atoms with Crippen LogP contribution in [-0.4, -0.2) is 33.2 Å². The highest BCUT2D eigenvalue weighted by molar-refractivity contribution is 7.92. The molecule has 1 aromatic carbocycles. The summed E-state index contributed by atoms with van der Waals surface area (Å²) < 4.78 is 67.7. The Morgan fingerprint density at radius 2 is 1.70 bits per heavy atom. The largest absolute Gasteiger partial charge is 0.420 e. The number of nitrogens with zero attached hydrogens (tertiary/aromatic N) is 4. The van der Waals surface area contributed by atoms with Gasteiger partial charge in [-0.2, -0.15) is 13.2 Å². The van der Waals surface area contributed by atoms with Crippen molar-refractivity contribution in [3.63, 3.8) is 0 Å². The van der Waals surface area contributed by atoms with Gasteiger partial charge in [-0.3, -0.25) is 0 Å². The summed E-state index contributed by atoms with van der Waals surface area (Å²) in [6, 6.07) is 4.38. The fourth-order valence-electron chi connectivity index (χ4n) is 3.47. The highest BCUT2D eigenvalue weighted by Gasteiger charge is 2.36. The molecule has 0 saturated carbocycles. The molecule has 0 fully saturated rings. The van der Waals surface area contributed by atoms with Crippen molar-refractivity contribution in [1.82, 2.24) is 19.5 Å². The molecule has 2 heterocycles. The van der Waals surface area contributed by atoms with E-state index in [9.17, 15) is 21.6 Å². The normalized spacial score (nSPS) is 12.6. The van der Waals surface area contributed by atoms with Crippen LogP contribution in [0.15, 0.2) is 35.5 Å². The predicted octanol–water partition coefficient (Wildman–Crippen LogP) is 5.48. The lowest BCUT2D eigenvalue weighted by Gasteiger charge is -2.18. The minimum atomic E-state index is -4.66. The second-order valence-electron chi connectivity index (χ2n) is 8.30. The molecular formula is C22H26F3N5O2S. The summed E-state index contributed by atoms with van der Waals surface area (Å²) in [6.45, 7) is 10.3. The number of sulfone groups is 1. The van der Waals surface area contributed by atoms with Gasteiger partial charge in [0.25, 0.3) is 0 Å². The number of halogens is 3. The molecule has 3 aromatic rings. The summed E-state index contributed by atoms with van der Waals surface area (Å²) in [5, 5.41) is 2.33. The van der Waals surface area contributed by atoms with Gasteiger partial charge < -0.3 is 9.88 Å². The highest BCUT2D eigenvalue weighted by atomic mass is 32.2. The molecule has 0 amide bonds. The molecule has 0 spiro atoms. The molecule has 0 aliphatic heterocycles. The summed E-state index contributed by atoms with van der Waals surface area (Å²) in [7, 11) is -3.46. The van der Waals surface area contributed by atoms with E-state index in [1.165, 1.54) is 18.3 Å². The monoisotopic (exact) mass is 481 g/mol. The number of rotatable bonds is 6. The van der Waals surface area contributed by atoms with Crippen molar-refractivity contribution in [3.05, 3.63) is 47.5 Å². The smallest absolute Gasteiger partial charge is 0.324 e. The molecular weight excluding hydrogens is 455 g/mol. The lowest BCUT2D eigenvalue weighted by atomic mass is 10.1. The molecule has 11 heteroatoms. The average Bonchev–Trinajstić information content (AvgIpc) is 3.10. The number of nitrogens with one attached hydrogen (secondary N) is 1. The fraction of sp³-hybridized carbons (Fsp3) is 0.409. The van der Waals surface area contributed by atoms with Crippen molar-refractivity contribution in [2.24, 2.45) is 0 Å². The lowest BCUT2D eigenvalue weighted by Crippen LogP contribution is -2.15. The summed E-state index contributed by atoms with van der Waals surface area (Å²) >= 11 is 0. The van der Waals surface area contributed by atoms with Crippen LogP contribution < -0.4 is 5.32 Å². The molecule has 2 aromatic heterocycles. The minimum Gasteiger partial charge on any atom is -0.324 e. The van der Waals surface area contributed by atoms with Crippen LogP contribution in [-0.2, 0) is 16.0 Å². The van der Waals surface area contributed by atoms with Crippen LogP contribution in [0.1, 0.15) is 50.7 Å². The maximum atomic E-state index is 13.7. The Kier molecular flexibility index (Phi) is 6.56. The Balaban J connectivity index is 2.08. The molecule has 1 N–H and O–H groups in total. The van der Waals surface area contributed by atoms with Crippen molar-refractivity contribution in [1.29, 1.82) is 0 Å². The first-order valence-electron chi connectivity index (χ1n) is 10.3. The highest BCUT2D eigenvalue weighted by Crippen LogP contribution is 2.37. The first-order chi connectivity index (χ1) is 15.2. The van der Waals surface area contributed by atoms with Crippen LogP contribution in [0.5, 0.6) is 0 Å².